The van der Waals surface area contributed by atoms with Gasteiger partial charge in [-0.1, -0.05) is 22.9 Å². The Bertz CT molecular complexity index is 1300. The molecule has 146 valence electrons. The minimum Gasteiger partial charge on any atom is -0.322 e. The van der Waals surface area contributed by atoms with Gasteiger partial charge in [0.15, 0.2) is 0 Å². The van der Waals surface area contributed by atoms with Gasteiger partial charge in [0.1, 0.15) is 5.52 Å². The van der Waals surface area contributed by atoms with Crippen LogP contribution in [0.4, 0.5) is 11.4 Å². The largest absolute Gasteiger partial charge is 0.322 e. The van der Waals surface area contributed by atoms with E-state index in [1.165, 1.54) is 30.3 Å². The highest BCUT2D eigenvalue weighted by Crippen LogP contribution is 2.21. The monoisotopic (exact) mass is 427 g/mol. The van der Waals surface area contributed by atoms with Crippen molar-refractivity contribution in [1.82, 2.24) is 15.4 Å². The zero-order valence-electron chi connectivity index (χ0n) is 14.8. The number of halogens is 1. The standard InChI is InChI=1S/C19H14ClN5O3S/c20-13-5-7-16(8-6-13)29(27,28)24-15-3-1-2-14(11-15)21-19(26)12-4-9-17-18(10-12)23-25-22-17/h1-11,24H,(H,21,26)(H,22,23,25). The first-order valence-corrected chi connectivity index (χ1v) is 10.3. The molecule has 1 aromatic heterocycles. The number of anilines is 2. The van der Waals surface area contributed by atoms with Crippen LogP contribution in [-0.2, 0) is 10.0 Å². The van der Waals surface area contributed by atoms with Crippen LogP contribution in [0.15, 0.2) is 71.6 Å². The first-order valence-electron chi connectivity index (χ1n) is 8.41. The highest BCUT2D eigenvalue weighted by molar-refractivity contribution is 7.92. The van der Waals surface area contributed by atoms with E-state index in [4.69, 9.17) is 11.6 Å². The molecule has 0 atom stereocenters. The van der Waals surface area contributed by atoms with Crippen LogP contribution in [0.3, 0.4) is 0 Å². The number of amides is 1. The van der Waals surface area contributed by atoms with E-state index in [1.807, 2.05) is 0 Å². The topological polar surface area (TPSA) is 117 Å². The number of nitrogens with one attached hydrogen (secondary N) is 3. The summed E-state index contributed by atoms with van der Waals surface area (Å²) in [6.45, 7) is 0. The Labute approximate surface area is 171 Å². The fraction of sp³-hybridized carbons (Fsp3) is 0. The fourth-order valence-corrected chi connectivity index (χ4v) is 3.85. The summed E-state index contributed by atoms with van der Waals surface area (Å²) < 4.78 is 27.5. The number of aromatic nitrogens is 3. The van der Waals surface area contributed by atoms with Crippen LogP contribution < -0.4 is 10.0 Å². The van der Waals surface area contributed by atoms with Crippen molar-refractivity contribution in [2.45, 2.75) is 4.90 Å². The molecule has 0 aliphatic rings. The van der Waals surface area contributed by atoms with Gasteiger partial charge in [0, 0.05) is 16.3 Å². The van der Waals surface area contributed by atoms with Gasteiger partial charge in [-0.3, -0.25) is 14.6 Å². The van der Waals surface area contributed by atoms with Gasteiger partial charge in [0.2, 0.25) is 0 Å². The average molecular weight is 428 g/mol. The summed E-state index contributed by atoms with van der Waals surface area (Å²) in [5.41, 5.74) is 2.44. The van der Waals surface area contributed by atoms with Crippen molar-refractivity contribution in [3.8, 4) is 0 Å². The summed E-state index contributed by atoms with van der Waals surface area (Å²) in [6, 6.07) is 17.2. The highest BCUT2D eigenvalue weighted by atomic mass is 35.5. The number of hydrogen-bond acceptors (Lipinski definition) is 5. The van der Waals surface area contributed by atoms with Crippen LogP contribution in [0.1, 0.15) is 10.4 Å². The van der Waals surface area contributed by atoms with Crippen molar-refractivity contribution >= 4 is 49.9 Å². The molecule has 3 aromatic carbocycles. The van der Waals surface area contributed by atoms with Gasteiger partial charge < -0.3 is 5.32 Å². The van der Waals surface area contributed by atoms with Gasteiger partial charge in [0.25, 0.3) is 15.9 Å². The summed E-state index contributed by atoms with van der Waals surface area (Å²) in [5.74, 6) is -0.354. The maximum absolute atomic E-state index is 12.5. The van der Waals surface area contributed by atoms with Crippen LogP contribution in [0.5, 0.6) is 0 Å². The Hall–Kier alpha value is -3.43. The van der Waals surface area contributed by atoms with E-state index in [-0.39, 0.29) is 10.8 Å². The number of H-pyrrole nitrogens is 1. The first kappa shape index (κ1) is 18.9. The van der Waals surface area contributed by atoms with Crippen molar-refractivity contribution in [3.05, 3.63) is 77.3 Å². The molecular formula is C19H14ClN5O3S. The van der Waals surface area contributed by atoms with E-state index in [1.54, 1.807) is 36.4 Å². The second-order valence-electron chi connectivity index (χ2n) is 6.14. The molecule has 0 spiro atoms. The molecule has 0 unspecified atom stereocenters. The van der Waals surface area contributed by atoms with Gasteiger partial charge in [0.05, 0.1) is 16.1 Å². The van der Waals surface area contributed by atoms with Crippen molar-refractivity contribution in [2.24, 2.45) is 0 Å². The van der Waals surface area contributed by atoms with Crippen LogP contribution in [-0.4, -0.2) is 29.7 Å². The minimum atomic E-state index is -3.79. The van der Waals surface area contributed by atoms with E-state index < -0.39 is 10.0 Å². The van der Waals surface area contributed by atoms with E-state index in [9.17, 15) is 13.2 Å². The molecule has 0 bridgehead atoms. The van der Waals surface area contributed by atoms with Gasteiger partial charge in [-0.05, 0) is 60.7 Å². The molecule has 0 saturated carbocycles. The van der Waals surface area contributed by atoms with Gasteiger partial charge in [-0.15, -0.1) is 5.10 Å². The summed E-state index contributed by atoms with van der Waals surface area (Å²) in [6.07, 6.45) is 0. The predicted molar refractivity (Wildman–Crippen MR) is 111 cm³/mol. The Morgan fingerprint density at radius 3 is 2.52 bits per heavy atom. The second kappa shape index (κ2) is 7.53. The Morgan fingerprint density at radius 2 is 1.72 bits per heavy atom. The molecule has 0 aliphatic carbocycles. The van der Waals surface area contributed by atoms with Gasteiger partial charge in [-0.25, -0.2) is 8.42 Å². The molecular weight excluding hydrogens is 414 g/mol. The van der Waals surface area contributed by atoms with E-state index in [2.05, 4.69) is 25.4 Å². The van der Waals surface area contributed by atoms with Crippen LogP contribution >= 0.6 is 11.6 Å². The second-order valence-corrected chi connectivity index (χ2v) is 8.26. The van der Waals surface area contributed by atoms with E-state index in [0.29, 0.717) is 27.5 Å². The third kappa shape index (κ3) is 4.20. The van der Waals surface area contributed by atoms with E-state index in [0.717, 1.165) is 5.52 Å². The Kier molecular flexibility index (Phi) is 4.91. The Balaban J connectivity index is 1.52. The third-order valence-electron chi connectivity index (χ3n) is 4.08. The first-order chi connectivity index (χ1) is 13.9. The normalized spacial score (nSPS) is 11.3. The lowest BCUT2D eigenvalue weighted by Gasteiger charge is -2.10. The molecule has 0 aliphatic heterocycles. The quantitative estimate of drug-likeness (QED) is 0.449. The molecule has 1 heterocycles. The fourth-order valence-electron chi connectivity index (χ4n) is 2.67. The summed E-state index contributed by atoms with van der Waals surface area (Å²) in [5, 5.41) is 13.5. The number of fused-ring (bicyclic) bond motifs is 1. The highest BCUT2D eigenvalue weighted by Gasteiger charge is 2.15. The van der Waals surface area contributed by atoms with Gasteiger partial charge in [-0.2, -0.15) is 0 Å². The maximum atomic E-state index is 12.5. The van der Waals surface area contributed by atoms with Crippen LogP contribution in [0.2, 0.25) is 5.02 Å². The lowest BCUT2D eigenvalue weighted by Crippen LogP contribution is -2.14. The van der Waals surface area contributed by atoms with Crippen molar-refractivity contribution < 1.29 is 13.2 Å². The van der Waals surface area contributed by atoms with Crippen molar-refractivity contribution in [3.63, 3.8) is 0 Å². The summed E-state index contributed by atoms with van der Waals surface area (Å²) in [7, 11) is -3.79. The predicted octanol–water partition coefficient (Wildman–Crippen LogP) is 3.66. The smallest absolute Gasteiger partial charge is 0.261 e. The van der Waals surface area contributed by atoms with Crippen molar-refractivity contribution in [2.75, 3.05) is 10.0 Å². The molecule has 0 fully saturated rings. The summed E-state index contributed by atoms with van der Waals surface area (Å²) >= 11 is 5.80. The average Bonchev–Trinajstić information content (AvgIpc) is 3.16. The minimum absolute atomic E-state index is 0.0808. The molecule has 4 aromatic rings. The number of carbonyl (C=O) groups excluding carboxylic acids is 1. The molecule has 0 radical (unpaired) electrons. The number of hydrogen-bond donors (Lipinski definition) is 3. The number of sulfonamides is 1. The van der Waals surface area contributed by atoms with Crippen LogP contribution in [0, 0.1) is 0 Å². The third-order valence-corrected chi connectivity index (χ3v) is 5.73. The maximum Gasteiger partial charge on any atom is 0.261 e. The lowest BCUT2D eigenvalue weighted by molar-refractivity contribution is 0.102. The lowest BCUT2D eigenvalue weighted by atomic mass is 10.2. The molecule has 4 rings (SSSR count). The zero-order valence-corrected chi connectivity index (χ0v) is 16.3. The van der Waals surface area contributed by atoms with Crippen molar-refractivity contribution in [1.29, 1.82) is 0 Å². The molecule has 1 amide bonds. The number of aromatic amines is 1. The van der Waals surface area contributed by atoms with E-state index >= 15 is 0 Å². The number of benzene rings is 3. The van der Waals surface area contributed by atoms with Gasteiger partial charge >= 0.3 is 0 Å². The van der Waals surface area contributed by atoms with Crippen LogP contribution in [0.25, 0.3) is 11.0 Å². The Morgan fingerprint density at radius 1 is 0.966 bits per heavy atom. The number of carbonyl (C=O) groups is 1. The number of rotatable bonds is 5. The SMILES string of the molecule is O=C(Nc1cccc(NS(=O)(=O)c2ccc(Cl)cc2)c1)c1ccc2[nH]nnc2c1. The number of nitrogens with zero attached hydrogens (tertiary/aromatic N) is 2. The molecule has 3 N–H and O–H groups in total. The molecule has 8 nitrogen and oxygen atoms in total. The molecule has 29 heavy (non-hydrogen) atoms. The molecule has 10 heteroatoms. The molecule has 0 saturated heterocycles. The zero-order chi connectivity index (χ0) is 20.4. The summed E-state index contributed by atoms with van der Waals surface area (Å²) in [4.78, 5) is 12.6.